The van der Waals surface area contributed by atoms with Crippen LogP contribution in [-0.4, -0.2) is 21.4 Å². The number of nitrogens with one attached hydrogen (secondary N) is 1. The summed E-state index contributed by atoms with van der Waals surface area (Å²) in [5, 5.41) is 5.12. The maximum Gasteiger partial charge on any atom is 0.268 e. The number of pyridine rings is 1. The van der Waals surface area contributed by atoms with E-state index < -0.39 is 0 Å². The van der Waals surface area contributed by atoms with Crippen molar-refractivity contribution in [3.05, 3.63) is 131 Å². The fourth-order valence-electron chi connectivity index (χ4n) is 4.79. The maximum absolute atomic E-state index is 13.8. The van der Waals surface area contributed by atoms with Gasteiger partial charge in [0.25, 0.3) is 11.8 Å². The number of carbonyl (C=O) groups is 2. The molecule has 5 aromatic rings. The molecule has 0 aliphatic carbocycles. The van der Waals surface area contributed by atoms with Gasteiger partial charge in [-0.2, -0.15) is 0 Å². The number of nitrogens with zero attached hydrogens (tertiary/aromatic N) is 3. The summed E-state index contributed by atoms with van der Waals surface area (Å²) < 4.78 is 2.01. The van der Waals surface area contributed by atoms with Gasteiger partial charge in [0.2, 0.25) is 0 Å². The highest BCUT2D eigenvalue weighted by Crippen LogP contribution is 2.31. The lowest BCUT2D eigenvalue weighted by Gasteiger charge is -2.23. The number of hydrogen-bond acceptors (Lipinski definition) is 3. The molecule has 2 amide bonds. The summed E-state index contributed by atoms with van der Waals surface area (Å²) in [4.78, 5) is 32.8. The zero-order valence-electron chi connectivity index (χ0n) is 19.6. The molecule has 0 unspecified atom stereocenters. The maximum atomic E-state index is 13.8. The predicted molar refractivity (Wildman–Crippen MR) is 140 cm³/mol. The second-order valence-corrected chi connectivity index (χ2v) is 8.92. The van der Waals surface area contributed by atoms with Crippen molar-refractivity contribution in [2.45, 2.75) is 19.6 Å². The van der Waals surface area contributed by atoms with Crippen molar-refractivity contribution >= 4 is 28.3 Å². The van der Waals surface area contributed by atoms with E-state index in [4.69, 9.17) is 0 Å². The molecule has 0 radical (unpaired) electrons. The molecule has 1 N–H and O–H groups in total. The SMILES string of the molecule is O=C(NCc1cccnc1)c1ccc2n1Cc1ccccc1N(C(=O)c1ccc3ccccc3c1)C2. The molecule has 0 atom stereocenters. The van der Waals surface area contributed by atoms with Crippen LogP contribution in [0.2, 0.25) is 0 Å². The molecule has 0 saturated carbocycles. The first-order valence-corrected chi connectivity index (χ1v) is 11.9. The number of benzene rings is 3. The Balaban J connectivity index is 1.33. The first kappa shape index (κ1) is 21.8. The first-order chi connectivity index (χ1) is 17.7. The Kier molecular flexibility index (Phi) is 5.54. The highest BCUT2D eigenvalue weighted by Gasteiger charge is 2.27. The van der Waals surface area contributed by atoms with Gasteiger partial charge in [-0.3, -0.25) is 14.6 Å². The van der Waals surface area contributed by atoms with Crippen LogP contribution in [0.3, 0.4) is 0 Å². The zero-order chi connectivity index (χ0) is 24.5. The molecule has 1 aliphatic heterocycles. The standard InChI is InChI=1S/C30H24N4O2/c35-29(32-18-21-6-5-15-31-17-21)28-14-13-26-20-34(27-10-4-3-9-25(27)19-33(26)28)30(36)24-12-11-22-7-1-2-8-23(22)16-24/h1-17H,18-20H2,(H,32,35). The van der Waals surface area contributed by atoms with E-state index >= 15 is 0 Å². The van der Waals surface area contributed by atoms with E-state index in [-0.39, 0.29) is 11.8 Å². The van der Waals surface area contributed by atoms with Crippen molar-refractivity contribution in [2.75, 3.05) is 4.90 Å². The molecule has 0 bridgehead atoms. The van der Waals surface area contributed by atoms with Crippen LogP contribution < -0.4 is 10.2 Å². The predicted octanol–water partition coefficient (Wildman–Crippen LogP) is 5.18. The Morgan fingerprint density at radius 1 is 0.833 bits per heavy atom. The summed E-state index contributed by atoms with van der Waals surface area (Å²) in [5.74, 6) is -0.220. The van der Waals surface area contributed by atoms with Crippen molar-refractivity contribution in [1.82, 2.24) is 14.9 Å². The van der Waals surface area contributed by atoms with Crippen molar-refractivity contribution in [2.24, 2.45) is 0 Å². The molecule has 0 fully saturated rings. The van der Waals surface area contributed by atoms with Crippen molar-refractivity contribution < 1.29 is 9.59 Å². The molecule has 3 heterocycles. The lowest BCUT2D eigenvalue weighted by atomic mass is 10.1. The van der Waals surface area contributed by atoms with E-state index in [0.29, 0.717) is 30.9 Å². The summed E-state index contributed by atoms with van der Waals surface area (Å²) in [6.45, 7) is 1.28. The van der Waals surface area contributed by atoms with Crippen LogP contribution in [-0.2, 0) is 19.6 Å². The highest BCUT2D eigenvalue weighted by molar-refractivity contribution is 6.08. The van der Waals surface area contributed by atoms with Gasteiger partial charge in [0, 0.05) is 35.9 Å². The minimum atomic E-state index is -0.156. The molecule has 6 heteroatoms. The first-order valence-electron chi connectivity index (χ1n) is 11.9. The number of anilines is 1. The van der Waals surface area contributed by atoms with Crippen LogP contribution in [0.15, 0.2) is 103 Å². The van der Waals surface area contributed by atoms with Crippen LogP contribution in [0, 0.1) is 0 Å². The molecular weight excluding hydrogens is 448 g/mol. The van der Waals surface area contributed by atoms with Gasteiger partial charge in [0.05, 0.1) is 13.1 Å². The molecule has 3 aromatic carbocycles. The fourth-order valence-corrected chi connectivity index (χ4v) is 4.79. The largest absolute Gasteiger partial charge is 0.347 e. The number of aromatic nitrogens is 2. The van der Waals surface area contributed by atoms with Gasteiger partial charge >= 0.3 is 0 Å². The summed E-state index contributed by atoms with van der Waals surface area (Å²) >= 11 is 0. The average Bonchev–Trinajstić information content (AvgIpc) is 3.24. The molecule has 176 valence electrons. The van der Waals surface area contributed by atoms with Gasteiger partial charge in [-0.05, 0) is 58.3 Å². The number of rotatable bonds is 4. The molecule has 0 spiro atoms. The Labute approximate surface area is 208 Å². The van der Waals surface area contributed by atoms with Gasteiger partial charge in [-0.25, -0.2) is 0 Å². The van der Waals surface area contributed by atoms with E-state index in [1.165, 1.54) is 0 Å². The Bertz CT molecular complexity index is 1590. The summed E-state index contributed by atoms with van der Waals surface area (Å²) in [6, 6.07) is 29.3. The van der Waals surface area contributed by atoms with Crippen LogP contribution >= 0.6 is 0 Å². The van der Waals surface area contributed by atoms with E-state index in [9.17, 15) is 9.59 Å². The van der Waals surface area contributed by atoms with Crippen LogP contribution in [0.5, 0.6) is 0 Å². The number of fused-ring (bicyclic) bond motifs is 3. The molecule has 6 nitrogen and oxygen atoms in total. The lowest BCUT2D eigenvalue weighted by Crippen LogP contribution is -2.30. The average molecular weight is 473 g/mol. The fraction of sp³-hybridized carbons (Fsp3) is 0.100. The monoisotopic (exact) mass is 472 g/mol. The third-order valence-corrected chi connectivity index (χ3v) is 6.65. The molecule has 1 aliphatic rings. The van der Waals surface area contributed by atoms with Gasteiger partial charge in [-0.15, -0.1) is 0 Å². The third-order valence-electron chi connectivity index (χ3n) is 6.65. The quantitative estimate of drug-likeness (QED) is 0.392. The third kappa shape index (κ3) is 4.03. The van der Waals surface area contributed by atoms with E-state index in [2.05, 4.69) is 10.3 Å². The highest BCUT2D eigenvalue weighted by atomic mass is 16.2. The van der Waals surface area contributed by atoms with E-state index in [0.717, 1.165) is 33.3 Å². The Hall–Kier alpha value is -4.71. The second-order valence-electron chi connectivity index (χ2n) is 8.92. The normalized spacial score (nSPS) is 12.5. The van der Waals surface area contributed by atoms with Crippen LogP contribution in [0.1, 0.15) is 37.7 Å². The van der Waals surface area contributed by atoms with Crippen molar-refractivity contribution in [1.29, 1.82) is 0 Å². The number of amides is 2. The minimum absolute atomic E-state index is 0.0644. The number of carbonyl (C=O) groups excluding carboxylic acids is 2. The van der Waals surface area contributed by atoms with Crippen LogP contribution in [0.4, 0.5) is 5.69 Å². The molecule has 6 rings (SSSR count). The molecule has 36 heavy (non-hydrogen) atoms. The summed E-state index contributed by atoms with van der Waals surface area (Å²) in [5.41, 5.74) is 4.91. The van der Waals surface area contributed by atoms with Gasteiger partial charge in [0.15, 0.2) is 0 Å². The van der Waals surface area contributed by atoms with E-state index in [1.54, 1.807) is 12.4 Å². The second kappa shape index (κ2) is 9.15. The van der Waals surface area contributed by atoms with Gasteiger partial charge in [0.1, 0.15) is 5.69 Å². The van der Waals surface area contributed by atoms with E-state index in [1.807, 2.05) is 100 Å². The van der Waals surface area contributed by atoms with Gasteiger partial charge in [-0.1, -0.05) is 54.6 Å². The minimum Gasteiger partial charge on any atom is -0.347 e. The molecule has 0 saturated heterocycles. The topological polar surface area (TPSA) is 67.2 Å². The zero-order valence-corrected chi connectivity index (χ0v) is 19.6. The lowest BCUT2D eigenvalue weighted by molar-refractivity contribution is 0.0941. The molecule has 2 aromatic heterocycles. The van der Waals surface area contributed by atoms with Crippen molar-refractivity contribution in [3.63, 3.8) is 0 Å². The molecular formula is C30H24N4O2. The Morgan fingerprint density at radius 2 is 1.67 bits per heavy atom. The van der Waals surface area contributed by atoms with Crippen molar-refractivity contribution in [3.8, 4) is 0 Å². The smallest absolute Gasteiger partial charge is 0.268 e. The number of hydrogen-bond donors (Lipinski definition) is 1. The van der Waals surface area contributed by atoms with Gasteiger partial charge < -0.3 is 14.8 Å². The van der Waals surface area contributed by atoms with Crippen LogP contribution in [0.25, 0.3) is 10.8 Å². The summed E-state index contributed by atoms with van der Waals surface area (Å²) in [7, 11) is 0. The summed E-state index contributed by atoms with van der Waals surface area (Å²) in [6.07, 6.45) is 3.45. The Morgan fingerprint density at radius 3 is 2.53 bits per heavy atom. The number of para-hydroxylation sites is 1.